The van der Waals surface area contributed by atoms with Crippen LogP contribution in [0.1, 0.15) is 0 Å². The molecular formula is C59H40N4. The van der Waals surface area contributed by atoms with Gasteiger partial charge in [0.05, 0.1) is 22.2 Å². The number of hydrogen-bond acceptors (Lipinski definition) is 3. The van der Waals surface area contributed by atoms with Crippen molar-refractivity contribution in [2.24, 2.45) is 0 Å². The molecule has 296 valence electrons. The van der Waals surface area contributed by atoms with Crippen molar-refractivity contribution in [1.82, 2.24) is 9.55 Å². The van der Waals surface area contributed by atoms with Gasteiger partial charge in [0.15, 0.2) is 0 Å². The van der Waals surface area contributed by atoms with Crippen LogP contribution in [0.15, 0.2) is 243 Å². The van der Waals surface area contributed by atoms with Gasteiger partial charge in [0.1, 0.15) is 0 Å². The third-order valence-corrected chi connectivity index (χ3v) is 12.3. The molecular weight excluding hydrogens is 765 g/mol. The van der Waals surface area contributed by atoms with Gasteiger partial charge >= 0.3 is 0 Å². The van der Waals surface area contributed by atoms with Gasteiger partial charge in [0.25, 0.3) is 0 Å². The summed E-state index contributed by atoms with van der Waals surface area (Å²) in [6, 6.07) is 86.9. The maximum absolute atomic E-state index is 5.25. The fraction of sp³-hybridized carbons (Fsp3) is 0. The standard InChI is InChI=1S/C59H40N4/c1-4-17-42(18-5-1)59-53-38-39-56-58(57(53)51-24-12-14-26-54(51)60-59)52-25-13-15-27-55(52)63(56)49-36-34-48(35-37-49)62(50-29-28-41-16-10-11-19-43(41)40-50)47-32-30-46(31-33-47)61(44-20-6-2-7-21-44)45-22-8-3-9-23-45/h1-40H. The molecule has 0 unspecified atom stereocenters. The first-order valence-electron chi connectivity index (χ1n) is 21.5. The maximum Gasteiger partial charge on any atom is 0.0788 e. The van der Waals surface area contributed by atoms with E-state index in [1.165, 1.54) is 32.4 Å². The minimum absolute atomic E-state index is 0.993. The molecule has 0 fully saturated rings. The van der Waals surface area contributed by atoms with Crippen molar-refractivity contribution in [2.45, 2.75) is 0 Å². The van der Waals surface area contributed by atoms with Crippen LogP contribution in [0.5, 0.6) is 0 Å². The van der Waals surface area contributed by atoms with Gasteiger partial charge in [-0.25, -0.2) is 4.98 Å². The normalized spacial score (nSPS) is 11.5. The lowest BCUT2D eigenvalue weighted by molar-refractivity contribution is 1.17. The molecule has 0 saturated heterocycles. The number of aromatic nitrogens is 2. The Balaban J connectivity index is 1.01. The lowest BCUT2D eigenvalue weighted by Crippen LogP contribution is -2.12. The largest absolute Gasteiger partial charge is 0.311 e. The molecule has 0 aliphatic carbocycles. The van der Waals surface area contributed by atoms with Crippen molar-refractivity contribution < 1.29 is 0 Å². The molecule has 10 aromatic carbocycles. The van der Waals surface area contributed by atoms with Gasteiger partial charge in [-0.1, -0.05) is 140 Å². The van der Waals surface area contributed by atoms with Crippen LogP contribution >= 0.6 is 0 Å². The Morgan fingerprint density at radius 2 is 0.825 bits per heavy atom. The third kappa shape index (κ3) is 6.27. The molecule has 0 radical (unpaired) electrons. The summed E-state index contributed by atoms with van der Waals surface area (Å²) in [5, 5.41) is 8.40. The number of rotatable bonds is 8. The van der Waals surface area contributed by atoms with Crippen LogP contribution in [0.25, 0.3) is 71.2 Å². The SMILES string of the molecule is c1ccc(-c2nc3ccccc3c3c2ccc2c3c3ccccc3n2-c2ccc(N(c3ccc(N(c4ccccc4)c4ccccc4)cc3)c3ccc4ccccc4c3)cc2)cc1. The molecule has 0 N–H and O–H groups in total. The fourth-order valence-electron chi connectivity index (χ4n) is 9.46. The van der Waals surface area contributed by atoms with Gasteiger partial charge in [-0.2, -0.15) is 0 Å². The molecule has 0 aliphatic heterocycles. The summed E-state index contributed by atoms with van der Waals surface area (Å²) >= 11 is 0. The third-order valence-electron chi connectivity index (χ3n) is 12.3. The van der Waals surface area contributed by atoms with Crippen molar-refractivity contribution in [1.29, 1.82) is 0 Å². The Morgan fingerprint density at radius 3 is 1.51 bits per heavy atom. The van der Waals surface area contributed by atoms with E-state index >= 15 is 0 Å². The van der Waals surface area contributed by atoms with Gasteiger partial charge in [0, 0.05) is 72.3 Å². The molecule has 12 aromatic rings. The van der Waals surface area contributed by atoms with Crippen LogP contribution in [-0.2, 0) is 0 Å². The summed E-state index contributed by atoms with van der Waals surface area (Å²) in [4.78, 5) is 9.91. The topological polar surface area (TPSA) is 24.3 Å². The number of benzene rings is 10. The number of hydrogen-bond donors (Lipinski definition) is 0. The van der Waals surface area contributed by atoms with Crippen LogP contribution in [-0.4, -0.2) is 9.55 Å². The summed E-state index contributed by atoms with van der Waals surface area (Å²) in [5.41, 5.74) is 13.1. The second-order valence-electron chi connectivity index (χ2n) is 16.0. The van der Waals surface area contributed by atoms with Crippen LogP contribution in [0.4, 0.5) is 34.1 Å². The minimum Gasteiger partial charge on any atom is -0.311 e. The summed E-state index contributed by atoms with van der Waals surface area (Å²) < 4.78 is 2.42. The van der Waals surface area contributed by atoms with Gasteiger partial charge < -0.3 is 14.4 Å². The number of para-hydroxylation sites is 4. The Bertz CT molecular complexity index is 3560. The Kier molecular flexibility index (Phi) is 8.79. The average Bonchev–Trinajstić information content (AvgIpc) is 3.70. The summed E-state index contributed by atoms with van der Waals surface area (Å²) in [7, 11) is 0. The van der Waals surface area contributed by atoms with Crippen LogP contribution in [0, 0.1) is 0 Å². The molecule has 0 amide bonds. The molecule has 4 nitrogen and oxygen atoms in total. The predicted octanol–water partition coefficient (Wildman–Crippen LogP) is 16.2. The van der Waals surface area contributed by atoms with E-state index in [4.69, 9.17) is 4.98 Å². The number of pyridine rings is 1. The van der Waals surface area contributed by atoms with E-state index in [2.05, 4.69) is 257 Å². The molecule has 0 atom stereocenters. The predicted molar refractivity (Wildman–Crippen MR) is 266 cm³/mol. The van der Waals surface area contributed by atoms with Crippen LogP contribution in [0.2, 0.25) is 0 Å². The van der Waals surface area contributed by atoms with Gasteiger partial charge in [-0.05, 0) is 114 Å². The van der Waals surface area contributed by atoms with Crippen LogP contribution < -0.4 is 9.80 Å². The van der Waals surface area contributed by atoms with Crippen molar-refractivity contribution in [3.05, 3.63) is 243 Å². The first-order valence-corrected chi connectivity index (χ1v) is 21.5. The molecule has 0 bridgehead atoms. The highest BCUT2D eigenvalue weighted by atomic mass is 15.2. The smallest absolute Gasteiger partial charge is 0.0788 e. The van der Waals surface area contributed by atoms with E-state index in [0.717, 1.165) is 72.9 Å². The first-order chi connectivity index (χ1) is 31.3. The Hall–Kier alpha value is -8.47. The summed E-state index contributed by atoms with van der Waals surface area (Å²) in [5.74, 6) is 0. The maximum atomic E-state index is 5.25. The van der Waals surface area contributed by atoms with E-state index in [-0.39, 0.29) is 0 Å². The van der Waals surface area contributed by atoms with Gasteiger partial charge in [-0.3, -0.25) is 0 Å². The highest BCUT2D eigenvalue weighted by Crippen LogP contribution is 2.44. The minimum atomic E-state index is 0.993. The zero-order valence-corrected chi connectivity index (χ0v) is 34.4. The fourth-order valence-corrected chi connectivity index (χ4v) is 9.46. The first kappa shape index (κ1) is 36.4. The molecule has 2 heterocycles. The van der Waals surface area contributed by atoms with Crippen LogP contribution in [0.3, 0.4) is 0 Å². The molecule has 12 rings (SSSR count). The van der Waals surface area contributed by atoms with Gasteiger partial charge in [-0.15, -0.1) is 0 Å². The molecule has 0 spiro atoms. The second-order valence-corrected chi connectivity index (χ2v) is 16.0. The van der Waals surface area contributed by atoms with E-state index < -0.39 is 0 Å². The van der Waals surface area contributed by atoms with E-state index in [9.17, 15) is 0 Å². The number of fused-ring (bicyclic) bond motifs is 8. The lowest BCUT2D eigenvalue weighted by Gasteiger charge is -2.28. The van der Waals surface area contributed by atoms with Gasteiger partial charge in [0.2, 0.25) is 0 Å². The molecule has 2 aromatic heterocycles. The van der Waals surface area contributed by atoms with Crippen molar-refractivity contribution in [2.75, 3.05) is 9.80 Å². The highest BCUT2D eigenvalue weighted by molar-refractivity contribution is 6.29. The summed E-state index contributed by atoms with van der Waals surface area (Å²) in [6.07, 6.45) is 0. The monoisotopic (exact) mass is 804 g/mol. The summed E-state index contributed by atoms with van der Waals surface area (Å²) in [6.45, 7) is 0. The molecule has 0 saturated carbocycles. The highest BCUT2D eigenvalue weighted by Gasteiger charge is 2.21. The second kappa shape index (κ2) is 15.2. The van der Waals surface area contributed by atoms with E-state index in [0.29, 0.717) is 0 Å². The lowest BCUT2D eigenvalue weighted by atomic mass is 9.96. The van der Waals surface area contributed by atoms with Crippen molar-refractivity contribution in [3.63, 3.8) is 0 Å². The average molecular weight is 805 g/mol. The molecule has 0 aliphatic rings. The number of nitrogens with zero attached hydrogens (tertiary/aromatic N) is 4. The Morgan fingerprint density at radius 1 is 0.317 bits per heavy atom. The van der Waals surface area contributed by atoms with E-state index in [1.807, 2.05) is 0 Å². The Labute approximate surface area is 365 Å². The van der Waals surface area contributed by atoms with Crippen molar-refractivity contribution in [3.8, 4) is 16.9 Å². The zero-order valence-electron chi connectivity index (χ0n) is 34.4. The number of anilines is 6. The molecule has 63 heavy (non-hydrogen) atoms. The van der Waals surface area contributed by atoms with Crippen molar-refractivity contribution >= 4 is 88.4 Å². The van der Waals surface area contributed by atoms with E-state index in [1.54, 1.807) is 0 Å². The molecule has 4 heteroatoms. The zero-order chi connectivity index (χ0) is 41.7. The quantitative estimate of drug-likeness (QED) is 0.143.